The van der Waals surface area contributed by atoms with Crippen molar-refractivity contribution in [3.8, 4) is 11.5 Å². The van der Waals surface area contributed by atoms with Crippen LogP contribution >= 0.6 is 11.3 Å². The summed E-state index contributed by atoms with van der Waals surface area (Å²) < 4.78 is 9.33. The van der Waals surface area contributed by atoms with Gasteiger partial charge in [-0.15, -0.1) is 11.3 Å². The van der Waals surface area contributed by atoms with Crippen LogP contribution in [0, 0.1) is 0 Å². The Morgan fingerprint density at radius 1 is 0.482 bits per heavy atom. The lowest BCUT2D eigenvalue weighted by atomic mass is 9.63. The monoisotopic (exact) mass is 749 g/mol. The Morgan fingerprint density at radius 3 is 1.93 bits per heavy atom. The molecule has 1 spiro atoms. The molecule has 10 aromatic rings. The minimum Gasteiger partial charge on any atom is -0.457 e. The average molecular weight is 750 g/mol. The van der Waals surface area contributed by atoms with E-state index < -0.39 is 14.2 Å². The third kappa shape index (κ3) is 4.31. The molecular formula is C52H35NOSSi. The number of anilines is 3. The van der Waals surface area contributed by atoms with Gasteiger partial charge in [-0.2, -0.15) is 0 Å². The van der Waals surface area contributed by atoms with Gasteiger partial charge in [0.25, 0.3) is 0 Å². The van der Waals surface area contributed by atoms with Crippen LogP contribution in [0.5, 0.6) is 11.5 Å². The molecule has 1 aromatic heterocycles. The second-order valence-corrected chi connectivity index (χ2v) is 18.9. The summed E-state index contributed by atoms with van der Waals surface area (Å²) in [6, 6.07) is 69.9. The molecule has 2 aliphatic rings. The zero-order valence-corrected chi connectivity index (χ0v) is 32.7. The minimum atomic E-state index is -1.81. The largest absolute Gasteiger partial charge is 0.457 e. The van der Waals surface area contributed by atoms with Crippen LogP contribution in [0.3, 0.4) is 0 Å². The maximum atomic E-state index is 6.73. The number of para-hydroxylation sites is 2. The molecule has 0 saturated carbocycles. The molecule has 0 radical (unpaired) electrons. The highest BCUT2D eigenvalue weighted by molar-refractivity contribution is 7.26. The Bertz CT molecular complexity index is 3190. The normalized spacial score (nSPS) is 15.0. The summed E-state index contributed by atoms with van der Waals surface area (Å²) in [4.78, 5) is 2.59. The van der Waals surface area contributed by atoms with Gasteiger partial charge in [-0.1, -0.05) is 157 Å². The van der Waals surface area contributed by atoms with Crippen molar-refractivity contribution >= 4 is 89.3 Å². The van der Waals surface area contributed by atoms with E-state index in [1.807, 2.05) is 11.3 Å². The van der Waals surface area contributed by atoms with Crippen LogP contribution in [-0.2, 0) is 5.41 Å². The number of hydrogen-bond acceptors (Lipinski definition) is 3. The number of rotatable bonds is 3. The van der Waals surface area contributed by atoms with Gasteiger partial charge in [-0.3, -0.25) is 0 Å². The predicted molar refractivity (Wildman–Crippen MR) is 240 cm³/mol. The van der Waals surface area contributed by atoms with Crippen molar-refractivity contribution < 1.29 is 4.74 Å². The highest BCUT2D eigenvalue weighted by Crippen LogP contribution is 2.56. The highest BCUT2D eigenvalue weighted by Gasteiger charge is 2.51. The van der Waals surface area contributed by atoms with Gasteiger partial charge >= 0.3 is 0 Å². The van der Waals surface area contributed by atoms with Crippen molar-refractivity contribution in [2.45, 2.75) is 12.0 Å². The topological polar surface area (TPSA) is 12.5 Å². The molecule has 2 nitrogen and oxygen atoms in total. The second kappa shape index (κ2) is 12.0. The number of benzene rings is 9. The van der Waals surface area contributed by atoms with Crippen molar-refractivity contribution in [2.24, 2.45) is 0 Å². The Hall–Kier alpha value is -6.46. The molecule has 0 N–H and O–H groups in total. The van der Waals surface area contributed by atoms with Gasteiger partial charge in [0.15, 0.2) is 0 Å². The van der Waals surface area contributed by atoms with E-state index in [-0.39, 0.29) is 0 Å². The average Bonchev–Trinajstić information content (AvgIpc) is 3.65. The zero-order chi connectivity index (χ0) is 37.0. The van der Waals surface area contributed by atoms with Gasteiger partial charge in [0.2, 0.25) is 0 Å². The Kier molecular flexibility index (Phi) is 6.83. The van der Waals surface area contributed by atoms with Crippen LogP contribution in [-0.4, -0.2) is 8.80 Å². The van der Waals surface area contributed by atoms with Crippen LogP contribution in [0.4, 0.5) is 17.1 Å². The van der Waals surface area contributed by atoms with E-state index in [0.29, 0.717) is 0 Å². The first-order chi connectivity index (χ1) is 27.7. The first-order valence-electron chi connectivity index (χ1n) is 19.4. The molecule has 1 atom stereocenters. The highest BCUT2D eigenvalue weighted by atomic mass is 32.1. The van der Waals surface area contributed by atoms with E-state index in [0.717, 1.165) is 17.2 Å². The van der Waals surface area contributed by atoms with Crippen molar-refractivity contribution in [3.05, 3.63) is 210 Å². The van der Waals surface area contributed by atoms with E-state index in [1.165, 1.54) is 85.7 Å². The van der Waals surface area contributed by atoms with Crippen LogP contribution < -0.4 is 20.0 Å². The van der Waals surface area contributed by atoms with E-state index in [9.17, 15) is 0 Å². The van der Waals surface area contributed by atoms with Crippen LogP contribution in [0.1, 0.15) is 22.3 Å². The zero-order valence-electron chi connectivity index (χ0n) is 30.7. The molecule has 56 heavy (non-hydrogen) atoms. The molecule has 4 heteroatoms. The molecule has 0 saturated heterocycles. The second-order valence-electron chi connectivity index (χ2n) is 15.2. The van der Waals surface area contributed by atoms with Crippen LogP contribution in [0.25, 0.3) is 41.7 Å². The third-order valence-corrected chi connectivity index (χ3v) is 16.5. The maximum absolute atomic E-state index is 6.73. The van der Waals surface area contributed by atoms with E-state index in [4.69, 9.17) is 4.74 Å². The van der Waals surface area contributed by atoms with Gasteiger partial charge in [0, 0.05) is 38.0 Å². The smallest absolute Gasteiger partial charge is 0.132 e. The van der Waals surface area contributed by atoms with Crippen molar-refractivity contribution in [3.63, 3.8) is 0 Å². The molecule has 1 unspecified atom stereocenters. The summed E-state index contributed by atoms with van der Waals surface area (Å²) in [5.41, 5.74) is 8.19. The van der Waals surface area contributed by atoms with Gasteiger partial charge in [-0.25, -0.2) is 0 Å². The van der Waals surface area contributed by atoms with Gasteiger partial charge in [0.1, 0.15) is 20.3 Å². The van der Waals surface area contributed by atoms with Gasteiger partial charge in [-0.05, 0) is 80.3 Å². The van der Waals surface area contributed by atoms with Crippen molar-refractivity contribution in [1.82, 2.24) is 0 Å². The maximum Gasteiger partial charge on any atom is 0.132 e. The molecule has 9 aromatic carbocycles. The quantitative estimate of drug-likeness (QED) is 0.132. The van der Waals surface area contributed by atoms with E-state index in [2.05, 4.69) is 200 Å². The summed E-state index contributed by atoms with van der Waals surface area (Å²) in [5.74, 6) is 1.84. The lowest BCUT2D eigenvalue weighted by molar-refractivity contribution is 0.435. The third-order valence-electron chi connectivity index (χ3n) is 12.4. The molecule has 2 aliphatic heterocycles. The lowest BCUT2D eigenvalue weighted by Gasteiger charge is -2.48. The molecule has 264 valence electrons. The van der Waals surface area contributed by atoms with Gasteiger partial charge in [0.05, 0.1) is 15.8 Å². The van der Waals surface area contributed by atoms with Crippen molar-refractivity contribution in [2.75, 3.05) is 4.90 Å². The number of fused-ring (bicyclic) bond motifs is 14. The molecule has 3 heterocycles. The first kappa shape index (κ1) is 31.8. The minimum absolute atomic E-state index is 0.551. The number of nitrogens with zero attached hydrogens (tertiary/aromatic N) is 1. The van der Waals surface area contributed by atoms with Crippen molar-refractivity contribution in [1.29, 1.82) is 0 Å². The standard InChI is InChI=1S/C52H35NOSSi/c1-56-49-27-11-7-20-42(49)52(40-18-5-8-24-46(40)54-47-25-9-6-19-41(47)52)43-21-13-23-45(51(43)56)53(44-22-12-17-39-38-16-4-10-26-48(38)55-50(39)44)35-30-31-37-34(32-35)29-28-33-14-2-3-15-36(33)37/h2-32,56H,1H3. The Balaban J connectivity index is 1.21. The molecule has 0 fully saturated rings. The summed E-state index contributed by atoms with van der Waals surface area (Å²) in [7, 11) is -1.81. The number of ether oxygens (including phenoxy) is 1. The fourth-order valence-electron chi connectivity index (χ4n) is 10.1. The Morgan fingerprint density at radius 2 is 1.09 bits per heavy atom. The first-order valence-corrected chi connectivity index (χ1v) is 22.5. The van der Waals surface area contributed by atoms with Gasteiger partial charge < -0.3 is 9.64 Å². The summed E-state index contributed by atoms with van der Waals surface area (Å²) in [6.45, 7) is 2.54. The summed E-state index contributed by atoms with van der Waals surface area (Å²) in [5, 5.41) is 10.6. The van der Waals surface area contributed by atoms with E-state index >= 15 is 0 Å². The fourth-order valence-corrected chi connectivity index (χ4v) is 14.2. The lowest BCUT2D eigenvalue weighted by Crippen LogP contribution is -2.56. The van der Waals surface area contributed by atoms with Crippen LogP contribution in [0.15, 0.2) is 188 Å². The molecule has 0 bridgehead atoms. The van der Waals surface area contributed by atoms with E-state index in [1.54, 1.807) is 0 Å². The number of hydrogen-bond donors (Lipinski definition) is 0. The Labute approximate surface area is 331 Å². The molecule has 0 amide bonds. The summed E-state index contributed by atoms with van der Waals surface area (Å²) >= 11 is 1.89. The fraction of sp³-hybridized carbons (Fsp3) is 0.0385. The van der Waals surface area contributed by atoms with Crippen LogP contribution in [0.2, 0.25) is 6.55 Å². The molecule has 0 aliphatic carbocycles. The summed E-state index contributed by atoms with van der Waals surface area (Å²) in [6.07, 6.45) is 0. The predicted octanol–water partition coefficient (Wildman–Crippen LogP) is 12.6. The molecule has 12 rings (SSSR count). The number of thiophene rings is 1. The molecular weight excluding hydrogens is 715 g/mol. The SMILES string of the molecule is C[SiH]1c2ccccc2C2(c3ccccc3Oc3ccccc32)c2cccc(N(c3ccc4c(ccc5ccccc54)c3)c3cccc4c3sc3ccccc34)c21.